The van der Waals surface area contributed by atoms with Crippen LogP contribution in [0.2, 0.25) is 0 Å². The van der Waals surface area contributed by atoms with Gasteiger partial charge in [-0.25, -0.2) is 0 Å². The van der Waals surface area contributed by atoms with Gasteiger partial charge in [-0.1, -0.05) is 13.8 Å². The molecule has 0 unspecified atom stereocenters. The van der Waals surface area contributed by atoms with Gasteiger partial charge in [-0.15, -0.1) is 0 Å². The Bertz CT molecular complexity index is 198. The minimum atomic E-state index is 0.588. The summed E-state index contributed by atoms with van der Waals surface area (Å²) < 4.78 is 0. The molecule has 108 valence electrons. The molecule has 0 spiro atoms. The molecule has 1 aliphatic heterocycles. The highest BCUT2D eigenvalue weighted by Crippen LogP contribution is 2.01. The molecule has 0 radical (unpaired) electrons. The fraction of sp³-hybridized carbons (Fsp3) is 1.00. The Hall–Kier alpha value is -0.160. The molecule has 0 saturated carbocycles. The topological polar surface area (TPSA) is 30.5 Å². The predicted molar refractivity (Wildman–Crippen MR) is 78.9 cm³/mol. The Morgan fingerprint density at radius 3 is 1.94 bits per heavy atom. The number of nitrogens with one attached hydrogen (secondary N) is 2. The fourth-order valence-electron chi connectivity index (χ4n) is 2.18. The zero-order chi connectivity index (χ0) is 13.4. The smallest absolute Gasteiger partial charge is 0.0483 e. The second-order valence-corrected chi connectivity index (χ2v) is 5.94. The normalized spacial score (nSPS) is 19.0. The first kappa shape index (κ1) is 15.9. The third kappa shape index (κ3) is 7.31. The molecule has 1 aliphatic rings. The summed E-state index contributed by atoms with van der Waals surface area (Å²) in [6, 6.07) is 1.20. The summed E-state index contributed by atoms with van der Waals surface area (Å²) in [5, 5.41) is 6.97. The maximum absolute atomic E-state index is 3.49. The Kier molecular flexibility index (Phi) is 7.82. The Balaban J connectivity index is 2.01. The van der Waals surface area contributed by atoms with Crippen molar-refractivity contribution < 1.29 is 0 Å². The highest BCUT2D eigenvalue weighted by Gasteiger charge is 2.15. The molecule has 0 atom stereocenters. The summed E-state index contributed by atoms with van der Waals surface area (Å²) in [5.41, 5.74) is 0. The third-order valence-electron chi connectivity index (χ3n) is 3.39. The van der Waals surface area contributed by atoms with Crippen LogP contribution in [0.3, 0.4) is 0 Å². The van der Waals surface area contributed by atoms with Crippen molar-refractivity contribution in [2.24, 2.45) is 0 Å². The van der Waals surface area contributed by atoms with Gasteiger partial charge < -0.3 is 15.5 Å². The maximum Gasteiger partial charge on any atom is 0.0483 e. The fourth-order valence-corrected chi connectivity index (χ4v) is 2.18. The third-order valence-corrected chi connectivity index (χ3v) is 3.39. The van der Waals surface area contributed by atoms with E-state index < -0.39 is 0 Å². The Morgan fingerprint density at radius 2 is 1.39 bits per heavy atom. The van der Waals surface area contributed by atoms with E-state index in [4.69, 9.17) is 0 Å². The molecule has 0 aromatic rings. The monoisotopic (exact) mass is 256 g/mol. The van der Waals surface area contributed by atoms with Gasteiger partial charge in [0.1, 0.15) is 0 Å². The van der Waals surface area contributed by atoms with E-state index >= 15 is 0 Å². The van der Waals surface area contributed by atoms with Gasteiger partial charge in [-0.05, 0) is 33.4 Å². The average Bonchev–Trinajstić information content (AvgIpc) is 2.33. The predicted octanol–water partition coefficient (Wildman–Crippen LogP) is 0.948. The minimum Gasteiger partial charge on any atom is -0.314 e. The van der Waals surface area contributed by atoms with Crippen LogP contribution in [0, 0.1) is 0 Å². The molecule has 1 fully saturated rings. The largest absolute Gasteiger partial charge is 0.314 e. The van der Waals surface area contributed by atoms with E-state index in [1.165, 1.54) is 39.1 Å². The molecule has 1 saturated heterocycles. The first-order valence-electron chi connectivity index (χ1n) is 7.49. The molecule has 0 amide bonds. The number of hydrogen-bond donors (Lipinski definition) is 2. The van der Waals surface area contributed by atoms with Crippen LogP contribution >= 0.6 is 0 Å². The quantitative estimate of drug-likeness (QED) is 0.633. The van der Waals surface area contributed by atoms with Crippen LogP contribution in [0.4, 0.5) is 0 Å². The van der Waals surface area contributed by atoms with Crippen molar-refractivity contribution in [1.82, 2.24) is 20.4 Å². The Labute approximate surface area is 113 Å². The minimum absolute atomic E-state index is 0.588. The Morgan fingerprint density at radius 1 is 0.833 bits per heavy atom. The summed E-state index contributed by atoms with van der Waals surface area (Å²) in [5.74, 6) is 0. The van der Waals surface area contributed by atoms with Crippen molar-refractivity contribution in [2.75, 3.05) is 45.9 Å². The van der Waals surface area contributed by atoms with Crippen molar-refractivity contribution >= 4 is 0 Å². The molecule has 1 rings (SSSR count). The highest BCUT2D eigenvalue weighted by molar-refractivity contribution is 4.72. The average molecular weight is 256 g/mol. The molecule has 1 heterocycles. The SMILES string of the molecule is CC(C)NCCCN1CCN(CNC(C)C)CC1. The lowest BCUT2D eigenvalue weighted by atomic mass is 10.3. The summed E-state index contributed by atoms with van der Waals surface area (Å²) in [4.78, 5) is 5.11. The van der Waals surface area contributed by atoms with Crippen LogP contribution in [-0.4, -0.2) is 67.8 Å². The van der Waals surface area contributed by atoms with E-state index in [0.717, 1.165) is 13.2 Å². The summed E-state index contributed by atoms with van der Waals surface area (Å²) >= 11 is 0. The molecular formula is C14H32N4. The van der Waals surface area contributed by atoms with E-state index in [0.29, 0.717) is 12.1 Å². The molecule has 0 bridgehead atoms. The van der Waals surface area contributed by atoms with Crippen LogP contribution in [0.15, 0.2) is 0 Å². The molecular weight excluding hydrogens is 224 g/mol. The van der Waals surface area contributed by atoms with E-state index in [9.17, 15) is 0 Å². The van der Waals surface area contributed by atoms with Crippen molar-refractivity contribution in [2.45, 2.75) is 46.2 Å². The van der Waals surface area contributed by atoms with Crippen molar-refractivity contribution in [3.05, 3.63) is 0 Å². The zero-order valence-corrected chi connectivity index (χ0v) is 12.7. The number of nitrogens with zero attached hydrogens (tertiary/aromatic N) is 2. The van der Waals surface area contributed by atoms with Gasteiger partial charge in [-0.2, -0.15) is 0 Å². The van der Waals surface area contributed by atoms with Gasteiger partial charge in [0, 0.05) is 44.9 Å². The molecule has 4 nitrogen and oxygen atoms in total. The van der Waals surface area contributed by atoms with Crippen molar-refractivity contribution in [1.29, 1.82) is 0 Å². The molecule has 4 heteroatoms. The second kappa shape index (κ2) is 8.86. The molecule has 0 aliphatic carbocycles. The standard InChI is InChI=1S/C14H32N4/c1-13(2)15-6-5-7-17-8-10-18(11-9-17)12-16-14(3)4/h13-16H,5-12H2,1-4H3. The lowest BCUT2D eigenvalue weighted by Gasteiger charge is -2.35. The molecule has 2 N–H and O–H groups in total. The van der Waals surface area contributed by atoms with Crippen LogP contribution < -0.4 is 10.6 Å². The highest BCUT2D eigenvalue weighted by atomic mass is 15.3. The van der Waals surface area contributed by atoms with Crippen LogP contribution in [0.1, 0.15) is 34.1 Å². The van der Waals surface area contributed by atoms with E-state index in [-0.39, 0.29) is 0 Å². The van der Waals surface area contributed by atoms with E-state index in [1.54, 1.807) is 0 Å². The van der Waals surface area contributed by atoms with Gasteiger partial charge in [0.25, 0.3) is 0 Å². The van der Waals surface area contributed by atoms with Gasteiger partial charge in [0.2, 0.25) is 0 Å². The van der Waals surface area contributed by atoms with Gasteiger partial charge >= 0.3 is 0 Å². The number of piperazine rings is 1. The van der Waals surface area contributed by atoms with Crippen molar-refractivity contribution in [3.8, 4) is 0 Å². The lowest BCUT2D eigenvalue weighted by molar-refractivity contribution is 0.122. The molecule has 0 aromatic heterocycles. The maximum atomic E-state index is 3.49. The summed E-state index contributed by atoms with van der Waals surface area (Å²) in [6.45, 7) is 17.1. The van der Waals surface area contributed by atoms with Gasteiger partial charge in [0.05, 0.1) is 0 Å². The lowest BCUT2D eigenvalue weighted by Crippen LogP contribution is -2.50. The van der Waals surface area contributed by atoms with E-state index in [1.807, 2.05) is 0 Å². The first-order valence-corrected chi connectivity index (χ1v) is 7.49. The number of rotatable bonds is 8. The number of hydrogen-bond acceptors (Lipinski definition) is 4. The van der Waals surface area contributed by atoms with E-state index in [2.05, 4.69) is 48.1 Å². The molecule has 18 heavy (non-hydrogen) atoms. The summed E-state index contributed by atoms with van der Waals surface area (Å²) in [7, 11) is 0. The second-order valence-electron chi connectivity index (χ2n) is 5.94. The zero-order valence-electron chi connectivity index (χ0n) is 12.7. The van der Waals surface area contributed by atoms with Gasteiger partial charge in [-0.3, -0.25) is 4.90 Å². The van der Waals surface area contributed by atoms with Crippen LogP contribution in [-0.2, 0) is 0 Å². The van der Waals surface area contributed by atoms with Crippen molar-refractivity contribution in [3.63, 3.8) is 0 Å². The summed E-state index contributed by atoms with van der Waals surface area (Å²) in [6.07, 6.45) is 1.27. The van der Waals surface area contributed by atoms with Crippen LogP contribution in [0.5, 0.6) is 0 Å². The van der Waals surface area contributed by atoms with Gasteiger partial charge in [0.15, 0.2) is 0 Å². The molecule has 0 aromatic carbocycles. The first-order chi connectivity index (χ1) is 8.58. The van der Waals surface area contributed by atoms with Crippen LogP contribution in [0.25, 0.3) is 0 Å².